The van der Waals surface area contributed by atoms with Gasteiger partial charge in [0.05, 0.1) is 6.54 Å². The number of carbonyl (C=O) groups excluding carboxylic acids is 3. The predicted octanol–water partition coefficient (Wildman–Crippen LogP) is 1.65. The van der Waals surface area contributed by atoms with E-state index in [9.17, 15) is 14.4 Å². The van der Waals surface area contributed by atoms with Crippen LogP contribution in [0.1, 0.15) is 45.4 Å². The molecule has 10 heteroatoms. The highest BCUT2D eigenvalue weighted by molar-refractivity contribution is 6.08. The molecular formula is C20H25N7O3. The summed E-state index contributed by atoms with van der Waals surface area (Å²) in [6.07, 6.45) is 3.54. The fourth-order valence-corrected chi connectivity index (χ4v) is 3.92. The lowest BCUT2D eigenvalue weighted by atomic mass is 9.77. The summed E-state index contributed by atoms with van der Waals surface area (Å²) in [6, 6.07) is 8.93. The highest BCUT2D eigenvalue weighted by atomic mass is 16.2. The van der Waals surface area contributed by atoms with Crippen LogP contribution >= 0.6 is 0 Å². The number of aryl methyl sites for hydroxylation is 1. The Hall–Kier alpha value is -3.30. The van der Waals surface area contributed by atoms with Crippen molar-refractivity contribution >= 4 is 17.8 Å². The van der Waals surface area contributed by atoms with Crippen LogP contribution in [0.15, 0.2) is 30.3 Å². The molecule has 2 aromatic rings. The molecule has 1 saturated carbocycles. The molecule has 1 aromatic carbocycles. The van der Waals surface area contributed by atoms with Crippen molar-refractivity contribution in [1.82, 2.24) is 36.0 Å². The number of amides is 4. The summed E-state index contributed by atoms with van der Waals surface area (Å²) in [5, 5.41) is 15.9. The Labute approximate surface area is 174 Å². The molecule has 2 heterocycles. The smallest absolute Gasteiger partial charge is 0.322 e. The first-order valence-corrected chi connectivity index (χ1v) is 10.3. The number of hydrogen-bond acceptors (Lipinski definition) is 6. The van der Waals surface area contributed by atoms with E-state index in [-0.39, 0.29) is 12.3 Å². The fraction of sp³-hybridized carbons (Fsp3) is 0.500. The van der Waals surface area contributed by atoms with Crippen molar-refractivity contribution in [2.24, 2.45) is 5.92 Å². The highest BCUT2D eigenvalue weighted by Crippen LogP contribution is 2.35. The van der Waals surface area contributed by atoms with E-state index in [4.69, 9.17) is 0 Å². The van der Waals surface area contributed by atoms with Crippen LogP contribution in [0.4, 0.5) is 4.79 Å². The van der Waals surface area contributed by atoms with Crippen LogP contribution in [0, 0.1) is 5.92 Å². The Balaban J connectivity index is 1.27. The third-order valence-electron chi connectivity index (χ3n) is 5.77. The van der Waals surface area contributed by atoms with Crippen LogP contribution in [0.25, 0.3) is 11.4 Å². The van der Waals surface area contributed by atoms with Gasteiger partial charge in [0.1, 0.15) is 5.54 Å². The van der Waals surface area contributed by atoms with E-state index in [1.165, 1.54) is 4.80 Å². The van der Waals surface area contributed by atoms with Crippen LogP contribution in [-0.2, 0) is 16.1 Å². The first-order valence-electron chi connectivity index (χ1n) is 10.3. The first-order chi connectivity index (χ1) is 14.5. The molecule has 2 aliphatic rings. The van der Waals surface area contributed by atoms with Gasteiger partial charge in [-0.15, -0.1) is 10.2 Å². The van der Waals surface area contributed by atoms with Gasteiger partial charge >= 0.3 is 6.03 Å². The van der Waals surface area contributed by atoms with Gasteiger partial charge in [-0.25, -0.2) is 4.79 Å². The number of aromatic nitrogens is 4. The molecule has 1 aliphatic carbocycles. The van der Waals surface area contributed by atoms with E-state index in [0.717, 1.165) is 23.4 Å². The number of rotatable bonds is 6. The third kappa shape index (κ3) is 4.03. The molecule has 1 aliphatic heterocycles. The van der Waals surface area contributed by atoms with Crippen molar-refractivity contribution in [3.63, 3.8) is 0 Å². The van der Waals surface area contributed by atoms with Gasteiger partial charge in [-0.3, -0.25) is 15.0 Å². The van der Waals surface area contributed by atoms with Crippen molar-refractivity contribution < 1.29 is 14.4 Å². The summed E-state index contributed by atoms with van der Waals surface area (Å²) in [6.45, 7) is 2.54. The second kappa shape index (κ2) is 8.21. The number of carbonyl (C=O) groups is 3. The van der Waals surface area contributed by atoms with Crippen LogP contribution in [0.3, 0.4) is 0 Å². The van der Waals surface area contributed by atoms with E-state index in [1.807, 2.05) is 30.3 Å². The number of hydrazine groups is 1. The Morgan fingerprint density at radius 2 is 1.97 bits per heavy atom. The Morgan fingerprint density at radius 3 is 2.70 bits per heavy atom. The average molecular weight is 411 g/mol. The Bertz CT molecular complexity index is 935. The largest absolute Gasteiger partial charge is 0.344 e. The van der Waals surface area contributed by atoms with Gasteiger partial charge in [-0.2, -0.15) is 9.81 Å². The zero-order valence-electron chi connectivity index (χ0n) is 16.9. The maximum Gasteiger partial charge on any atom is 0.344 e. The summed E-state index contributed by atoms with van der Waals surface area (Å²) in [5.41, 5.74) is 2.45. The molecule has 4 amide bonds. The molecule has 30 heavy (non-hydrogen) atoms. The van der Waals surface area contributed by atoms with Crippen molar-refractivity contribution in [2.75, 3.05) is 0 Å². The van der Waals surface area contributed by atoms with Crippen LogP contribution in [0.2, 0.25) is 0 Å². The maximum absolute atomic E-state index is 12.8. The fourth-order valence-electron chi connectivity index (χ4n) is 3.92. The summed E-state index contributed by atoms with van der Waals surface area (Å²) in [4.78, 5) is 38.7. The number of nitrogens with one attached hydrogen (secondary N) is 2. The van der Waals surface area contributed by atoms with E-state index >= 15 is 0 Å². The summed E-state index contributed by atoms with van der Waals surface area (Å²) in [7, 11) is 0. The van der Waals surface area contributed by atoms with Gasteiger partial charge in [0, 0.05) is 12.0 Å². The lowest BCUT2D eigenvalue weighted by Crippen LogP contribution is -2.51. The second-order valence-electron chi connectivity index (χ2n) is 8.05. The Kier molecular flexibility index (Phi) is 5.47. The minimum absolute atomic E-state index is 0.128. The number of urea groups is 1. The quantitative estimate of drug-likeness (QED) is 0.697. The molecule has 2 fully saturated rings. The van der Waals surface area contributed by atoms with Crippen molar-refractivity contribution in [2.45, 2.75) is 57.5 Å². The molecule has 10 nitrogen and oxygen atoms in total. The zero-order chi connectivity index (χ0) is 21.1. The number of imide groups is 1. The molecule has 0 radical (unpaired) electrons. The molecule has 0 unspecified atom stereocenters. The van der Waals surface area contributed by atoms with Crippen LogP contribution in [-0.4, -0.2) is 48.6 Å². The summed E-state index contributed by atoms with van der Waals surface area (Å²) in [5.74, 6) is 0.296. The van der Waals surface area contributed by atoms with Crippen molar-refractivity contribution in [3.05, 3.63) is 30.3 Å². The minimum atomic E-state index is -0.866. The minimum Gasteiger partial charge on any atom is -0.322 e. The zero-order valence-corrected chi connectivity index (χ0v) is 16.9. The molecule has 1 saturated heterocycles. The van der Waals surface area contributed by atoms with Gasteiger partial charge in [0.2, 0.25) is 11.7 Å². The summed E-state index contributed by atoms with van der Waals surface area (Å²) < 4.78 is 0. The molecular weight excluding hydrogens is 386 g/mol. The SMILES string of the molecule is CC1CCC2(CC1)NC(=O)N(NC(=O)CCCn1nnc(-c3ccccc3)n1)C2=O. The third-order valence-corrected chi connectivity index (χ3v) is 5.77. The van der Waals surface area contributed by atoms with E-state index in [2.05, 4.69) is 33.1 Å². The van der Waals surface area contributed by atoms with E-state index < -0.39 is 17.5 Å². The van der Waals surface area contributed by atoms with Crippen LogP contribution in [0.5, 0.6) is 0 Å². The van der Waals surface area contributed by atoms with E-state index in [0.29, 0.717) is 37.5 Å². The lowest BCUT2D eigenvalue weighted by molar-refractivity contribution is -0.140. The topological polar surface area (TPSA) is 122 Å². The molecule has 1 spiro atoms. The summed E-state index contributed by atoms with van der Waals surface area (Å²) >= 11 is 0. The number of hydrogen-bond donors (Lipinski definition) is 2. The number of nitrogens with zero attached hydrogens (tertiary/aromatic N) is 5. The number of benzene rings is 1. The van der Waals surface area contributed by atoms with Gasteiger partial charge in [-0.05, 0) is 43.2 Å². The van der Waals surface area contributed by atoms with Gasteiger partial charge in [0.15, 0.2) is 0 Å². The van der Waals surface area contributed by atoms with E-state index in [1.54, 1.807) is 0 Å². The van der Waals surface area contributed by atoms with Crippen molar-refractivity contribution in [3.8, 4) is 11.4 Å². The highest BCUT2D eigenvalue weighted by Gasteiger charge is 2.52. The first kappa shape index (κ1) is 20.0. The maximum atomic E-state index is 12.8. The molecule has 158 valence electrons. The predicted molar refractivity (Wildman–Crippen MR) is 106 cm³/mol. The normalized spacial score (nSPS) is 23.6. The molecule has 4 rings (SSSR count). The van der Waals surface area contributed by atoms with Crippen LogP contribution < -0.4 is 10.7 Å². The van der Waals surface area contributed by atoms with Gasteiger partial charge < -0.3 is 5.32 Å². The number of tetrazole rings is 1. The van der Waals surface area contributed by atoms with Crippen molar-refractivity contribution in [1.29, 1.82) is 0 Å². The molecule has 2 N–H and O–H groups in total. The lowest BCUT2D eigenvalue weighted by Gasteiger charge is -2.33. The Morgan fingerprint density at radius 1 is 1.23 bits per heavy atom. The average Bonchev–Trinajstić information content (AvgIpc) is 3.30. The standard InChI is InChI=1S/C20H25N7O3/c1-14-9-11-20(12-10-14)18(29)27(19(30)21-20)23-16(28)8-5-13-26-24-17(22-25-26)15-6-3-2-4-7-15/h2-4,6-7,14H,5,8-13H2,1H3,(H,21,30)(H,23,28). The molecule has 0 atom stereocenters. The monoisotopic (exact) mass is 411 g/mol. The van der Waals surface area contributed by atoms with Gasteiger partial charge in [-0.1, -0.05) is 37.3 Å². The molecule has 1 aromatic heterocycles. The van der Waals surface area contributed by atoms with Gasteiger partial charge in [0.25, 0.3) is 5.91 Å². The molecule has 0 bridgehead atoms. The second-order valence-corrected chi connectivity index (χ2v) is 8.05.